The number of ketones is 1. The first kappa shape index (κ1) is 19.5. The molecular weight excluding hydrogens is 386 g/mol. The molecule has 4 rings (SSSR count). The van der Waals surface area contributed by atoms with Crippen molar-refractivity contribution in [2.45, 2.75) is 32.1 Å². The number of esters is 1. The molecule has 5 heteroatoms. The van der Waals surface area contributed by atoms with Gasteiger partial charge in [-0.05, 0) is 42.0 Å². The molecule has 0 aliphatic heterocycles. The van der Waals surface area contributed by atoms with E-state index < -0.39 is 5.97 Å². The number of hydrogen-bond donors (Lipinski definition) is 1. The molecule has 3 aromatic rings. The van der Waals surface area contributed by atoms with Crippen LogP contribution in [0.4, 0.5) is 0 Å². The van der Waals surface area contributed by atoms with Gasteiger partial charge >= 0.3 is 5.97 Å². The highest BCUT2D eigenvalue weighted by Gasteiger charge is 2.34. The van der Waals surface area contributed by atoms with Gasteiger partial charge < -0.3 is 9.72 Å². The minimum atomic E-state index is -0.421. The largest absolute Gasteiger partial charge is 0.461 e. The van der Waals surface area contributed by atoms with Gasteiger partial charge in [0.15, 0.2) is 5.78 Å². The van der Waals surface area contributed by atoms with Crippen molar-refractivity contribution < 1.29 is 14.3 Å². The summed E-state index contributed by atoms with van der Waals surface area (Å²) >= 11 is 6.37. The van der Waals surface area contributed by atoms with Gasteiger partial charge in [-0.2, -0.15) is 0 Å². The molecule has 0 amide bonds. The Labute approximate surface area is 174 Å². The van der Waals surface area contributed by atoms with Gasteiger partial charge in [0.05, 0.1) is 6.61 Å². The summed E-state index contributed by atoms with van der Waals surface area (Å²) in [7, 11) is 0. The molecule has 148 valence electrons. The first-order chi connectivity index (χ1) is 14.1. The third-order valence-corrected chi connectivity index (χ3v) is 5.73. The summed E-state index contributed by atoms with van der Waals surface area (Å²) in [5.74, 6) is -0.397. The number of rotatable bonds is 5. The highest BCUT2D eigenvalue weighted by Crippen LogP contribution is 2.38. The first-order valence-electron chi connectivity index (χ1n) is 9.80. The summed E-state index contributed by atoms with van der Waals surface area (Å²) in [5.41, 5.74) is 4.55. The summed E-state index contributed by atoms with van der Waals surface area (Å²) in [5, 5.41) is 0.662. The number of nitrogens with one attached hydrogen (secondary N) is 1. The molecule has 1 aromatic heterocycles. The molecule has 4 nitrogen and oxygen atoms in total. The quantitative estimate of drug-likeness (QED) is 0.580. The Morgan fingerprint density at radius 1 is 1.10 bits per heavy atom. The molecule has 0 radical (unpaired) electrons. The van der Waals surface area contributed by atoms with Crippen LogP contribution in [0, 0.1) is 0 Å². The summed E-state index contributed by atoms with van der Waals surface area (Å²) < 4.78 is 5.25. The van der Waals surface area contributed by atoms with Gasteiger partial charge in [-0.3, -0.25) is 4.79 Å². The van der Waals surface area contributed by atoms with Gasteiger partial charge in [0.25, 0.3) is 0 Å². The Balaban J connectivity index is 1.76. The molecule has 0 bridgehead atoms. The van der Waals surface area contributed by atoms with Crippen molar-refractivity contribution >= 4 is 23.4 Å². The lowest BCUT2D eigenvalue weighted by Crippen LogP contribution is -2.19. The zero-order valence-corrected chi connectivity index (χ0v) is 17.0. The summed E-state index contributed by atoms with van der Waals surface area (Å²) in [6, 6.07) is 17.5. The Bertz CT molecular complexity index is 1060. The lowest BCUT2D eigenvalue weighted by molar-refractivity contribution is 0.0519. The van der Waals surface area contributed by atoms with Gasteiger partial charge in [0, 0.05) is 29.1 Å². The van der Waals surface area contributed by atoms with E-state index in [0.29, 0.717) is 35.5 Å². The number of ether oxygens (including phenoxy) is 1. The molecule has 1 unspecified atom stereocenters. The van der Waals surface area contributed by atoms with Gasteiger partial charge in [0.1, 0.15) is 5.69 Å². The maximum Gasteiger partial charge on any atom is 0.355 e. The molecule has 2 aromatic carbocycles. The first-order valence-corrected chi connectivity index (χ1v) is 10.2. The predicted molar refractivity (Wildman–Crippen MR) is 113 cm³/mol. The monoisotopic (exact) mass is 407 g/mol. The van der Waals surface area contributed by atoms with Crippen LogP contribution in [0.1, 0.15) is 62.5 Å². The van der Waals surface area contributed by atoms with E-state index >= 15 is 0 Å². The second-order valence-electron chi connectivity index (χ2n) is 7.26. The van der Waals surface area contributed by atoms with Gasteiger partial charge in [-0.1, -0.05) is 60.1 Å². The molecule has 1 aliphatic rings. The summed E-state index contributed by atoms with van der Waals surface area (Å²) in [6.07, 6.45) is 1.51. The van der Waals surface area contributed by atoms with E-state index in [9.17, 15) is 9.59 Å². The van der Waals surface area contributed by atoms with Crippen molar-refractivity contribution in [2.24, 2.45) is 0 Å². The van der Waals surface area contributed by atoms with E-state index in [4.69, 9.17) is 16.3 Å². The number of aromatic amines is 1. The second-order valence-corrected chi connectivity index (χ2v) is 7.67. The van der Waals surface area contributed by atoms with Crippen LogP contribution < -0.4 is 0 Å². The Morgan fingerprint density at radius 2 is 1.83 bits per heavy atom. The van der Waals surface area contributed by atoms with Crippen molar-refractivity contribution in [1.82, 2.24) is 4.98 Å². The zero-order chi connectivity index (χ0) is 20.4. The van der Waals surface area contributed by atoms with Crippen molar-refractivity contribution in [3.05, 3.63) is 93.3 Å². The van der Waals surface area contributed by atoms with Crippen LogP contribution in [0.15, 0.2) is 54.6 Å². The highest BCUT2D eigenvalue weighted by molar-refractivity contribution is 6.31. The van der Waals surface area contributed by atoms with Crippen LogP contribution in [0.3, 0.4) is 0 Å². The minimum Gasteiger partial charge on any atom is -0.461 e. The maximum atomic E-state index is 13.2. The van der Waals surface area contributed by atoms with E-state index in [-0.39, 0.29) is 18.3 Å². The fraction of sp³-hybridized carbons (Fsp3) is 0.250. The van der Waals surface area contributed by atoms with Gasteiger partial charge in [-0.15, -0.1) is 0 Å². The number of hydrogen-bond acceptors (Lipinski definition) is 3. The third-order valence-electron chi connectivity index (χ3n) is 5.39. The molecule has 1 heterocycles. The molecule has 0 spiro atoms. The predicted octanol–water partition coefficient (Wildman–Crippen LogP) is 5.35. The van der Waals surface area contributed by atoms with Crippen molar-refractivity contribution in [3.63, 3.8) is 0 Å². The molecular formula is C24H22ClNO3. The topological polar surface area (TPSA) is 59.2 Å². The number of carbonyl (C=O) groups is 2. The average molecular weight is 408 g/mol. The average Bonchev–Trinajstić information content (AvgIpc) is 3.08. The van der Waals surface area contributed by atoms with Crippen LogP contribution in [0.5, 0.6) is 0 Å². The molecule has 1 aliphatic carbocycles. The number of H-pyrrole nitrogens is 1. The summed E-state index contributed by atoms with van der Waals surface area (Å²) in [4.78, 5) is 29.0. The summed E-state index contributed by atoms with van der Waals surface area (Å²) in [6.45, 7) is 2.06. The van der Waals surface area contributed by atoms with E-state index in [2.05, 4.69) is 4.98 Å². The highest BCUT2D eigenvalue weighted by atomic mass is 35.5. The van der Waals surface area contributed by atoms with Crippen molar-refractivity contribution in [2.75, 3.05) is 6.61 Å². The molecule has 1 N–H and O–H groups in total. The lowest BCUT2D eigenvalue weighted by atomic mass is 9.80. The van der Waals surface area contributed by atoms with Crippen LogP contribution >= 0.6 is 11.6 Å². The lowest BCUT2D eigenvalue weighted by Gasteiger charge is -2.23. The number of fused-ring (bicyclic) bond motifs is 1. The second kappa shape index (κ2) is 8.26. The Morgan fingerprint density at radius 3 is 2.55 bits per heavy atom. The van der Waals surface area contributed by atoms with E-state index in [1.54, 1.807) is 6.92 Å². The number of aromatic nitrogens is 1. The minimum absolute atomic E-state index is 0.0121. The molecule has 0 saturated carbocycles. The van der Waals surface area contributed by atoms with Crippen LogP contribution in [0.2, 0.25) is 5.02 Å². The van der Waals surface area contributed by atoms with Gasteiger partial charge in [-0.25, -0.2) is 4.79 Å². The number of benzene rings is 2. The maximum absolute atomic E-state index is 13.2. The smallest absolute Gasteiger partial charge is 0.355 e. The zero-order valence-electron chi connectivity index (χ0n) is 16.2. The molecule has 0 fully saturated rings. The van der Waals surface area contributed by atoms with E-state index in [0.717, 1.165) is 22.4 Å². The SMILES string of the molecule is CCOC(=O)c1[nH]c2c(c1Cc1ccccc1)C(=O)CC(c1ccccc1Cl)C2. The normalized spacial score (nSPS) is 15.8. The van der Waals surface area contributed by atoms with Gasteiger partial charge in [0.2, 0.25) is 0 Å². The van der Waals surface area contributed by atoms with Crippen LogP contribution in [-0.2, 0) is 17.6 Å². The Kier molecular flexibility index (Phi) is 5.54. The Hall–Kier alpha value is -2.85. The molecule has 1 atom stereocenters. The van der Waals surface area contributed by atoms with Crippen LogP contribution in [-0.4, -0.2) is 23.3 Å². The fourth-order valence-electron chi connectivity index (χ4n) is 4.11. The standard InChI is InChI=1S/C24H22ClNO3/c1-2-29-24(28)23-18(12-15-8-4-3-5-9-15)22-20(26-23)13-16(14-21(22)27)17-10-6-7-11-19(17)25/h3-11,16,26H,2,12-14H2,1H3. The van der Waals surface area contributed by atoms with Crippen LogP contribution in [0.25, 0.3) is 0 Å². The number of halogens is 1. The van der Waals surface area contributed by atoms with Crippen molar-refractivity contribution in [3.8, 4) is 0 Å². The van der Waals surface area contributed by atoms with Crippen molar-refractivity contribution in [1.29, 1.82) is 0 Å². The van der Waals surface area contributed by atoms with E-state index in [1.807, 2.05) is 54.6 Å². The fourth-order valence-corrected chi connectivity index (χ4v) is 4.40. The van der Waals surface area contributed by atoms with E-state index in [1.165, 1.54) is 0 Å². The number of Topliss-reactive ketones (excluding diaryl/α,β-unsaturated/α-hetero) is 1. The number of carbonyl (C=O) groups excluding carboxylic acids is 2. The molecule has 29 heavy (non-hydrogen) atoms. The molecule has 0 saturated heterocycles. The third kappa shape index (κ3) is 3.85.